The van der Waals surface area contributed by atoms with Gasteiger partial charge in [0.25, 0.3) is 0 Å². The van der Waals surface area contributed by atoms with Crippen LogP contribution in [0.4, 0.5) is 23.1 Å². The number of piperazine rings is 1. The van der Waals surface area contributed by atoms with Crippen LogP contribution in [0.3, 0.4) is 0 Å². The number of ether oxygens (including phenoxy) is 1. The molecule has 9 heteroatoms. The second-order valence-electron chi connectivity index (χ2n) is 11.1. The Bertz CT molecular complexity index is 1040. The number of hydrogen-bond acceptors (Lipinski definition) is 8. The lowest BCUT2D eigenvalue weighted by atomic mass is 9.52. The van der Waals surface area contributed by atoms with Gasteiger partial charge in [0.2, 0.25) is 5.95 Å². The summed E-state index contributed by atoms with van der Waals surface area (Å²) in [5.74, 6) is 3.28. The molecule has 1 aromatic carbocycles. The molecule has 3 N–H and O–H groups in total. The van der Waals surface area contributed by atoms with Gasteiger partial charge in [0.05, 0.1) is 18.4 Å². The van der Waals surface area contributed by atoms with Crippen molar-refractivity contribution < 1.29 is 9.84 Å². The molecule has 5 aliphatic rings. The number of methoxy groups -OCH3 is 1. The van der Waals surface area contributed by atoms with Crippen molar-refractivity contribution in [1.29, 1.82) is 0 Å². The first-order valence-corrected chi connectivity index (χ1v) is 13.7. The van der Waals surface area contributed by atoms with E-state index in [1.54, 1.807) is 6.20 Å². The molecule has 5 fully saturated rings. The van der Waals surface area contributed by atoms with Crippen molar-refractivity contribution in [2.45, 2.75) is 43.7 Å². The van der Waals surface area contributed by atoms with E-state index in [0.717, 1.165) is 63.0 Å². The molecule has 0 amide bonds. The predicted molar refractivity (Wildman–Crippen MR) is 143 cm³/mol. The Morgan fingerprint density at radius 2 is 1.81 bits per heavy atom. The van der Waals surface area contributed by atoms with Crippen molar-refractivity contribution in [3.63, 3.8) is 0 Å². The van der Waals surface area contributed by atoms with Gasteiger partial charge in [-0.2, -0.15) is 4.98 Å². The molecule has 2 heterocycles. The number of nitrogens with one attached hydrogen (secondary N) is 2. The number of halogens is 1. The Balaban J connectivity index is 1.10. The van der Waals surface area contributed by atoms with E-state index in [4.69, 9.17) is 26.4 Å². The van der Waals surface area contributed by atoms with E-state index in [1.165, 1.54) is 24.9 Å². The highest BCUT2D eigenvalue weighted by Gasteiger charge is 2.55. The summed E-state index contributed by atoms with van der Waals surface area (Å²) in [4.78, 5) is 13.9. The summed E-state index contributed by atoms with van der Waals surface area (Å²) in [7, 11) is 1.89. The molecule has 8 nitrogen and oxygen atoms in total. The van der Waals surface area contributed by atoms with Crippen LogP contribution in [-0.4, -0.2) is 78.1 Å². The molecular weight excluding hydrogens is 476 g/mol. The third-order valence-electron chi connectivity index (χ3n) is 8.97. The maximum atomic E-state index is 9.15. The van der Waals surface area contributed by atoms with Gasteiger partial charge in [-0.1, -0.05) is 11.6 Å². The Labute approximate surface area is 218 Å². The molecule has 4 saturated carbocycles. The van der Waals surface area contributed by atoms with Crippen molar-refractivity contribution >= 4 is 34.7 Å². The van der Waals surface area contributed by atoms with Gasteiger partial charge in [-0.3, -0.25) is 4.90 Å². The van der Waals surface area contributed by atoms with Crippen molar-refractivity contribution in [2.24, 2.45) is 17.8 Å². The molecule has 1 aliphatic heterocycles. The monoisotopic (exact) mass is 512 g/mol. The molecular formula is C27H37ClN6O2. The van der Waals surface area contributed by atoms with Gasteiger partial charge < -0.3 is 25.4 Å². The van der Waals surface area contributed by atoms with Crippen molar-refractivity contribution in [2.75, 3.05) is 62.0 Å². The number of anilines is 4. The van der Waals surface area contributed by atoms with Crippen molar-refractivity contribution in [1.82, 2.24) is 14.9 Å². The summed E-state index contributed by atoms with van der Waals surface area (Å²) in [6, 6.07) is 8.81. The fourth-order valence-electron chi connectivity index (χ4n) is 7.38. The van der Waals surface area contributed by atoms with Gasteiger partial charge in [0.1, 0.15) is 5.02 Å². The highest BCUT2D eigenvalue weighted by Crippen LogP contribution is 2.57. The van der Waals surface area contributed by atoms with E-state index in [2.05, 4.69) is 49.7 Å². The van der Waals surface area contributed by atoms with E-state index >= 15 is 0 Å². The van der Waals surface area contributed by atoms with Gasteiger partial charge in [-0.05, 0) is 74.1 Å². The quantitative estimate of drug-likeness (QED) is 0.489. The summed E-state index contributed by atoms with van der Waals surface area (Å²) in [5.41, 5.74) is 2.25. The van der Waals surface area contributed by atoms with Gasteiger partial charge in [0.15, 0.2) is 5.82 Å². The number of hydrogen-bond donors (Lipinski definition) is 3. The second-order valence-corrected chi connectivity index (χ2v) is 11.5. The fourth-order valence-corrected chi connectivity index (χ4v) is 7.52. The van der Waals surface area contributed by atoms with E-state index in [0.29, 0.717) is 28.8 Å². The van der Waals surface area contributed by atoms with Gasteiger partial charge in [-0.15, -0.1) is 0 Å². The standard InChI is InChI=1S/C27H37ClN6O2/c1-36-27-14-18-12-19(15-27)24(20(13-18)16-27)31-25-23(28)17-29-26(32-25)30-21-2-4-22(5-3-21)34-8-6-33(7-9-34)10-11-35/h2-5,17-20,24,35H,6-16H2,1H3,(H2,29,30,31,32). The van der Waals surface area contributed by atoms with Crippen LogP contribution in [0.25, 0.3) is 0 Å². The Hall–Kier alpha value is -2.13. The summed E-state index contributed by atoms with van der Waals surface area (Å²) >= 11 is 6.54. The maximum absolute atomic E-state index is 9.15. The Morgan fingerprint density at radius 1 is 1.08 bits per heavy atom. The van der Waals surface area contributed by atoms with E-state index in [-0.39, 0.29) is 12.2 Å². The Morgan fingerprint density at radius 3 is 2.47 bits per heavy atom. The largest absolute Gasteiger partial charge is 0.395 e. The number of β-amino-alcohol motifs (C(OH)–C–C–N with tert-alkyl or cyclic N) is 1. The maximum Gasteiger partial charge on any atom is 0.229 e. The molecule has 2 aromatic rings. The smallest absolute Gasteiger partial charge is 0.229 e. The average molecular weight is 513 g/mol. The van der Waals surface area contributed by atoms with Crippen LogP contribution < -0.4 is 15.5 Å². The predicted octanol–water partition coefficient (Wildman–Crippen LogP) is 3.99. The lowest BCUT2D eigenvalue weighted by Crippen LogP contribution is -2.59. The highest BCUT2D eigenvalue weighted by molar-refractivity contribution is 6.32. The Kier molecular flexibility index (Phi) is 6.71. The normalized spacial score (nSPS) is 31.6. The minimum atomic E-state index is 0.0933. The number of aliphatic hydroxyl groups excluding tert-OH is 1. The molecule has 36 heavy (non-hydrogen) atoms. The van der Waals surface area contributed by atoms with Crippen LogP contribution in [0.2, 0.25) is 5.02 Å². The first-order valence-electron chi connectivity index (χ1n) is 13.3. The summed E-state index contributed by atoms with van der Waals surface area (Å²) in [5, 5.41) is 16.8. The zero-order chi connectivity index (χ0) is 24.7. The third-order valence-corrected chi connectivity index (χ3v) is 9.25. The van der Waals surface area contributed by atoms with Gasteiger partial charge in [-0.25, -0.2) is 4.98 Å². The van der Waals surface area contributed by atoms with Crippen LogP contribution in [-0.2, 0) is 4.74 Å². The van der Waals surface area contributed by atoms with Crippen molar-refractivity contribution in [3.8, 4) is 0 Å². The number of nitrogens with zero attached hydrogens (tertiary/aromatic N) is 4. The molecule has 4 aliphatic carbocycles. The van der Waals surface area contributed by atoms with Gasteiger partial charge in [0, 0.05) is 57.3 Å². The first kappa shape index (κ1) is 24.2. The molecule has 0 spiro atoms. The van der Waals surface area contributed by atoms with E-state index in [1.807, 2.05) is 7.11 Å². The molecule has 1 saturated heterocycles. The van der Waals surface area contributed by atoms with Crippen LogP contribution in [0.5, 0.6) is 0 Å². The molecule has 4 bridgehead atoms. The van der Waals surface area contributed by atoms with Crippen molar-refractivity contribution in [3.05, 3.63) is 35.5 Å². The number of aliphatic hydroxyl groups is 1. The zero-order valence-corrected chi connectivity index (χ0v) is 21.8. The first-order chi connectivity index (χ1) is 17.5. The topological polar surface area (TPSA) is 85.8 Å². The number of benzene rings is 1. The van der Waals surface area contributed by atoms with Crippen LogP contribution >= 0.6 is 11.6 Å². The van der Waals surface area contributed by atoms with Gasteiger partial charge >= 0.3 is 0 Å². The molecule has 7 rings (SSSR count). The van der Waals surface area contributed by atoms with Crippen LogP contribution in [0.1, 0.15) is 32.1 Å². The second kappa shape index (κ2) is 9.97. The average Bonchev–Trinajstić information content (AvgIpc) is 2.89. The fraction of sp³-hybridized carbons (Fsp3) is 0.630. The molecule has 2 atom stereocenters. The van der Waals surface area contributed by atoms with E-state index in [9.17, 15) is 0 Å². The van der Waals surface area contributed by atoms with E-state index < -0.39 is 0 Å². The third kappa shape index (κ3) is 4.76. The lowest BCUT2D eigenvalue weighted by molar-refractivity contribution is -0.149. The molecule has 1 aromatic heterocycles. The summed E-state index contributed by atoms with van der Waals surface area (Å²) < 4.78 is 6.02. The summed E-state index contributed by atoms with van der Waals surface area (Å²) in [6.07, 6.45) is 7.72. The van der Waals surface area contributed by atoms with Crippen LogP contribution in [0.15, 0.2) is 30.5 Å². The SMILES string of the molecule is COC12CC3CC(C1)C(Nc1nc(Nc4ccc(N5CCN(CCO)CC5)cc4)ncc1Cl)C(C3)C2. The molecule has 0 radical (unpaired) electrons. The zero-order valence-electron chi connectivity index (χ0n) is 21.0. The number of rotatable bonds is 8. The highest BCUT2D eigenvalue weighted by atomic mass is 35.5. The lowest BCUT2D eigenvalue weighted by Gasteiger charge is -2.59. The minimum absolute atomic E-state index is 0.0933. The minimum Gasteiger partial charge on any atom is -0.395 e. The molecule has 194 valence electrons. The molecule has 2 unspecified atom stereocenters. The summed E-state index contributed by atoms with van der Waals surface area (Å²) in [6.45, 7) is 4.87. The number of aromatic nitrogens is 2. The van der Waals surface area contributed by atoms with Crippen LogP contribution in [0, 0.1) is 17.8 Å².